The highest BCUT2D eigenvalue weighted by molar-refractivity contribution is 6.87. The lowest BCUT2D eigenvalue weighted by Gasteiger charge is -2.20. The van der Waals surface area contributed by atoms with Crippen LogP contribution in [0.4, 0.5) is 0 Å². The zero-order valence-electron chi connectivity index (χ0n) is 17.4. The van der Waals surface area contributed by atoms with Crippen molar-refractivity contribution in [2.75, 3.05) is 19.8 Å². The molecule has 0 saturated carbocycles. The molecule has 0 rings (SSSR count). The number of aliphatic hydroxyl groups is 1. The number of rotatable bonds is 17. The summed E-state index contributed by atoms with van der Waals surface area (Å²) in [6.45, 7) is 8.80. The van der Waals surface area contributed by atoms with Gasteiger partial charge in [0.25, 0.3) is 0 Å². The summed E-state index contributed by atoms with van der Waals surface area (Å²) < 4.78 is 5.44. The quantitative estimate of drug-likeness (QED) is 0.184. The molecule has 0 fully saturated rings. The van der Waals surface area contributed by atoms with Crippen molar-refractivity contribution in [2.45, 2.75) is 110 Å². The molecule has 25 heavy (non-hydrogen) atoms. The van der Waals surface area contributed by atoms with E-state index in [1.54, 1.807) is 0 Å². The number of hydrogen-bond acceptors (Lipinski definition) is 2. The third-order valence-electron chi connectivity index (χ3n) is 5.42. The van der Waals surface area contributed by atoms with Gasteiger partial charge >= 0.3 is 0 Å². The second kappa shape index (κ2) is 18.5. The molecule has 0 aromatic carbocycles. The van der Waals surface area contributed by atoms with E-state index in [-0.39, 0.29) is 6.61 Å². The molecule has 0 spiro atoms. The summed E-state index contributed by atoms with van der Waals surface area (Å²) in [7, 11) is -1.21. The maximum absolute atomic E-state index is 8.65. The number of ether oxygens (including phenoxy) is 1. The topological polar surface area (TPSA) is 29.5 Å². The molecule has 0 aliphatic rings. The fraction of sp³-hybridized carbons (Fsp3) is 0.909. The van der Waals surface area contributed by atoms with E-state index >= 15 is 0 Å². The van der Waals surface area contributed by atoms with Gasteiger partial charge in [0.1, 0.15) is 8.07 Å². The summed E-state index contributed by atoms with van der Waals surface area (Å²) in [4.78, 5) is 0. The SMILES string of the molecule is CC[Si](C#CCCCCCCCCCCCOCCCO)(CC)CC. The average Bonchev–Trinajstić information content (AvgIpc) is 2.65. The fourth-order valence-electron chi connectivity index (χ4n) is 3.19. The van der Waals surface area contributed by atoms with Crippen LogP contribution in [-0.4, -0.2) is 33.0 Å². The molecule has 3 heteroatoms. The molecule has 0 amide bonds. The highest BCUT2D eigenvalue weighted by atomic mass is 28.3. The molecule has 2 nitrogen and oxygen atoms in total. The van der Waals surface area contributed by atoms with Gasteiger partial charge in [-0.25, -0.2) is 0 Å². The first kappa shape index (κ1) is 24.7. The first-order valence-electron chi connectivity index (χ1n) is 10.9. The third kappa shape index (κ3) is 14.5. The van der Waals surface area contributed by atoms with Gasteiger partial charge in [0, 0.05) is 26.2 Å². The predicted octanol–water partition coefficient (Wildman–Crippen LogP) is 6.34. The first-order chi connectivity index (χ1) is 12.2. The summed E-state index contributed by atoms with van der Waals surface area (Å²) in [6, 6.07) is 3.96. The summed E-state index contributed by atoms with van der Waals surface area (Å²) >= 11 is 0. The van der Waals surface area contributed by atoms with Crippen molar-refractivity contribution in [3.05, 3.63) is 0 Å². The van der Waals surface area contributed by atoms with Crippen molar-refractivity contribution in [2.24, 2.45) is 0 Å². The Morgan fingerprint density at radius 1 is 0.680 bits per heavy atom. The number of unbranched alkanes of at least 4 members (excludes halogenated alkanes) is 9. The largest absolute Gasteiger partial charge is 0.396 e. The molecule has 148 valence electrons. The summed E-state index contributed by atoms with van der Waals surface area (Å²) in [6.07, 6.45) is 13.8. The highest BCUT2D eigenvalue weighted by Crippen LogP contribution is 2.19. The lowest BCUT2D eigenvalue weighted by Crippen LogP contribution is -2.29. The second-order valence-corrected chi connectivity index (χ2v) is 12.2. The van der Waals surface area contributed by atoms with Crippen LogP contribution in [0, 0.1) is 11.5 Å². The Kier molecular flexibility index (Phi) is 18.3. The Morgan fingerprint density at radius 3 is 1.68 bits per heavy atom. The van der Waals surface area contributed by atoms with Crippen LogP contribution in [0.2, 0.25) is 18.1 Å². The van der Waals surface area contributed by atoms with Gasteiger partial charge in [-0.05, 0) is 37.4 Å². The molecular formula is C22H44O2Si. The Hall–Kier alpha value is -0.303. The van der Waals surface area contributed by atoms with E-state index in [0.29, 0.717) is 6.61 Å². The van der Waals surface area contributed by atoms with Gasteiger partial charge in [-0.3, -0.25) is 0 Å². The van der Waals surface area contributed by atoms with Crippen LogP contribution in [0.3, 0.4) is 0 Å². The van der Waals surface area contributed by atoms with Gasteiger partial charge in [-0.2, -0.15) is 0 Å². The van der Waals surface area contributed by atoms with Crippen LogP contribution in [0.1, 0.15) is 91.4 Å². The van der Waals surface area contributed by atoms with Crippen LogP contribution in [0.5, 0.6) is 0 Å². The molecule has 0 aromatic heterocycles. The lowest BCUT2D eigenvalue weighted by atomic mass is 10.1. The van der Waals surface area contributed by atoms with Gasteiger partial charge in [-0.1, -0.05) is 65.7 Å². The standard InChI is InChI=1S/C22H44O2Si/c1-4-25(5-2,6-3)22-17-15-13-11-9-7-8-10-12-14-16-20-24-21-18-19-23/h23H,4-16,18-21H2,1-3H3. The minimum absolute atomic E-state index is 0.241. The molecule has 0 atom stereocenters. The molecule has 0 aliphatic heterocycles. The molecule has 1 N–H and O–H groups in total. The third-order valence-corrected chi connectivity index (χ3v) is 10.2. The Morgan fingerprint density at radius 2 is 1.16 bits per heavy atom. The van der Waals surface area contributed by atoms with Crippen molar-refractivity contribution in [1.82, 2.24) is 0 Å². The molecule has 0 aromatic rings. The monoisotopic (exact) mass is 368 g/mol. The van der Waals surface area contributed by atoms with Crippen molar-refractivity contribution in [1.29, 1.82) is 0 Å². The van der Waals surface area contributed by atoms with Gasteiger partial charge in [0.15, 0.2) is 0 Å². The average molecular weight is 369 g/mol. The summed E-state index contributed by atoms with van der Waals surface area (Å²) in [5.74, 6) is 3.51. The van der Waals surface area contributed by atoms with Crippen molar-refractivity contribution >= 4 is 8.07 Å². The summed E-state index contributed by atoms with van der Waals surface area (Å²) in [5, 5.41) is 8.65. The van der Waals surface area contributed by atoms with Gasteiger partial charge in [0.05, 0.1) is 0 Å². The van der Waals surface area contributed by atoms with Crippen LogP contribution < -0.4 is 0 Å². The van der Waals surface area contributed by atoms with E-state index in [1.807, 2.05) is 0 Å². The fourth-order valence-corrected chi connectivity index (χ4v) is 5.72. The molecule has 0 heterocycles. The highest BCUT2D eigenvalue weighted by Gasteiger charge is 2.23. The number of hydrogen-bond donors (Lipinski definition) is 1. The van der Waals surface area contributed by atoms with Gasteiger partial charge in [0.2, 0.25) is 0 Å². The molecular weight excluding hydrogens is 324 g/mol. The molecule has 0 radical (unpaired) electrons. The van der Waals surface area contributed by atoms with E-state index < -0.39 is 8.07 Å². The Bertz CT molecular complexity index is 320. The minimum Gasteiger partial charge on any atom is -0.396 e. The van der Waals surface area contributed by atoms with Crippen molar-refractivity contribution < 1.29 is 9.84 Å². The van der Waals surface area contributed by atoms with Crippen LogP contribution >= 0.6 is 0 Å². The Labute approximate surface area is 159 Å². The minimum atomic E-state index is -1.21. The first-order valence-corrected chi connectivity index (χ1v) is 13.6. The second-order valence-electron chi connectivity index (χ2n) is 7.26. The van der Waals surface area contributed by atoms with E-state index in [1.165, 1.54) is 75.9 Å². The van der Waals surface area contributed by atoms with E-state index in [0.717, 1.165) is 19.4 Å². The van der Waals surface area contributed by atoms with E-state index in [4.69, 9.17) is 9.84 Å². The normalized spacial score (nSPS) is 11.4. The van der Waals surface area contributed by atoms with Gasteiger partial charge in [-0.15, -0.1) is 11.5 Å². The van der Waals surface area contributed by atoms with Crippen LogP contribution in [0.15, 0.2) is 0 Å². The molecule has 0 saturated heterocycles. The number of aliphatic hydroxyl groups excluding tert-OH is 1. The Balaban J connectivity index is 3.35. The predicted molar refractivity (Wildman–Crippen MR) is 114 cm³/mol. The summed E-state index contributed by atoms with van der Waals surface area (Å²) in [5.41, 5.74) is 3.70. The van der Waals surface area contributed by atoms with Crippen LogP contribution in [0.25, 0.3) is 0 Å². The zero-order chi connectivity index (χ0) is 18.6. The molecule has 0 aliphatic carbocycles. The van der Waals surface area contributed by atoms with Crippen molar-refractivity contribution in [3.8, 4) is 11.5 Å². The maximum Gasteiger partial charge on any atom is 0.137 e. The molecule has 0 unspecified atom stereocenters. The smallest absolute Gasteiger partial charge is 0.137 e. The van der Waals surface area contributed by atoms with E-state index in [9.17, 15) is 0 Å². The van der Waals surface area contributed by atoms with E-state index in [2.05, 4.69) is 32.2 Å². The molecule has 0 bridgehead atoms. The lowest BCUT2D eigenvalue weighted by molar-refractivity contribution is 0.112. The zero-order valence-corrected chi connectivity index (χ0v) is 18.4. The van der Waals surface area contributed by atoms with Gasteiger partial charge < -0.3 is 9.84 Å². The maximum atomic E-state index is 8.65. The van der Waals surface area contributed by atoms with Crippen LogP contribution in [-0.2, 0) is 4.74 Å². The van der Waals surface area contributed by atoms with Crippen molar-refractivity contribution in [3.63, 3.8) is 0 Å².